The molecule has 4 aromatic rings. The second kappa shape index (κ2) is 10.5. The van der Waals surface area contributed by atoms with Gasteiger partial charge in [-0.3, -0.25) is 4.79 Å². The minimum atomic E-state index is -3.85. The number of nitrogens with zero attached hydrogens (tertiary/aromatic N) is 6. The summed E-state index contributed by atoms with van der Waals surface area (Å²) in [5.74, 6) is -0.846. The highest BCUT2D eigenvalue weighted by molar-refractivity contribution is 7.89. The zero-order valence-corrected chi connectivity index (χ0v) is 25.2. The molecule has 11 heteroatoms. The van der Waals surface area contributed by atoms with Gasteiger partial charge in [0.05, 0.1) is 17.7 Å². The third-order valence-electron chi connectivity index (χ3n) is 8.93. The third kappa shape index (κ3) is 4.84. The first kappa shape index (κ1) is 28.3. The van der Waals surface area contributed by atoms with Gasteiger partial charge in [-0.2, -0.15) is 9.40 Å². The average molecular weight is 589 g/mol. The predicted molar refractivity (Wildman–Crippen MR) is 160 cm³/mol. The number of aryl methyl sites for hydroxylation is 3. The van der Waals surface area contributed by atoms with Gasteiger partial charge in [-0.15, -0.1) is 5.10 Å². The van der Waals surface area contributed by atoms with Gasteiger partial charge in [0.25, 0.3) is 0 Å². The summed E-state index contributed by atoms with van der Waals surface area (Å²) >= 11 is 0. The highest BCUT2D eigenvalue weighted by Gasteiger charge is 2.45. The number of rotatable bonds is 6. The second-order valence-electron chi connectivity index (χ2n) is 11.9. The zero-order chi connectivity index (χ0) is 29.8. The van der Waals surface area contributed by atoms with E-state index in [1.165, 1.54) is 0 Å². The minimum Gasteiger partial charge on any atom is -0.481 e. The SMILES string of the molecule is Cc1cc2cc([C@H](CC(=O)O)c3ccc(C)c(CN4C[C@@]5(C)CCCCN5c5ncccc5S4(=O)=O)c3)n(C)c2nn1. The van der Waals surface area contributed by atoms with Crippen molar-refractivity contribution >= 4 is 32.8 Å². The van der Waals surface area contributed by atoms with E-state index in [1.54, 1.807) is 22.6 Å². The molecule has 10 nitrogen and oxygen atoms in total. The van der Waals surface area contributed by atoms with Crippen LogP contribution >= 0.6 is 0 Å². The molecule has 1 N–H and O–H groups in total. The lowest BCUT2D eigenvalue weighted by Gasteiger charge is -2.45. The first-order valence-corrected chi connectivity index (χ1v) is 15.8. The smallest absolute Gasteiger partial charge is 0.304 e. The summed E-state index contributed by atoms with van der Waals surface area (Å²) in [5, 5.41) is 19.3. The molecule has 1 saturated heterocycles. The van der Waals surface area contributed by atoms with Crippen LogP contribution in [0.4, 0.5) is 5.82 Å². The van der Waals surface area contributed by atoms with Crippen molar-refractivity contribution in [3.8, 4) is 0 Å². The summed E-state index contributed by atoms with van der Waals surface area (Å²) in [6.45, 7) is 7.27. The summed E-state index contributed by atoms with van der Waals surface area (Å²) in [5.41, 5.74) is 4.51. The van der Waals surface area contributed by atoms with E-state index in [-0.39, 0.29) is 23.4 Å². The summed E-state index contributed by atoms with van der Waals surface area (Å²) in [7, 11) is -1.97. The van der Waals surface area contributed by atoms with Gasteiger partial charge in [-0.1, -0.05) is 18.2 Å². The summed E-state index contributed by atoms with van der Waals surface area (Å²) in [6.07, 6.45) is 4.45. The number of sulfonamides is 1. The van der Waals surface area contributed by atoms with Crippen LogP contribution in [0.1, 0.15) is 66.6 Å². The largest absolute Gasteiger partial charge is 0.481 e. The van der Waals surface area contributed by atoms with Gasteiger partial charge in [0.15, 0.2) is 5.65 Å². The van der Waals surface area contributed by atoms with Crippen LogP contribution in [0, 0.1) is 13.8 Å². The number of hydrogen-bond acceptors (Lipinski definition) is 7. The Balaban J connectivity index is 1.42. The first-order valence-electron chi connectivity index (χ1n) is 14.3. The van der Waals surface area contributed by atoms with Gasteiger partial charge in [-0.25, -0.2) is 13.4 Å². The Morgan fingerprint density at radius 1 is 1.12 bits per heavy atom. The number of fused-ring (bicyclic) bond motifs is 4. The van der Waals surface area contributed by atoms with E-state index in [2.05, 4.69) is 27.0 Å². The van der Waals surface area contributed by atoms with Gasteiger partial charge in [-0.05, 0) is 81.0 Å². The Bertz CT molecular complexity index is 1800. The van der Waals surface area contributed by atoms with Crippen molar-refractivity contribution in [2.75, 3.05) is 18.0 Å². The molecular weight excluding hydrogens is 552 g/mol. The molecule has 42 heavy (non-hydrogen) atoms. The second-order valence-corrected chi connectivity index (χ2v) is 13.8. The van der Waals surface area contributed by atoms with Crippen LogP contribution in [0.5, 0.6) is 0 Å². The van der Waals surface area contributed by atoms with E-state index < -0.39 is 21.9 Å². The van der Waals surface area contributed by atoms with Crippen molar-refractivity contribution in [1.82, 2.24) is 24.1 Å². The molecule has 0 amide bonds. The number of aliphatic carboxylic acids is 1. The molecule has 5 heterocycles. The molecule has 2 aliphatic rings. The third-order valence-corrected chi connectivity index (χ3v) is 10.7. The predicted octanol–water partition coefficient (Wildman–Crippen LogP) is 4.54. The Morgan fingerprint density at radius 3 is 2.71 bits per heavy atom. The monoisotopic (exact) mass is 588 g/mol. The number of benzene rings is 1. The fourth-order valence-electron chi connectivity index (χ4n) is 6.66. The van der Waals surface area contributed by atoms with E-state index in [0.717, 1.165) is 59.3 Å². The van der Waals surface area contributed by atoms with E-state index in [9.17, 15) is 18.3 Å². The first-order chi connectivity index (χ1) is 20.0. The van der Waals surface area contributed by atoms with Crippen molar-refractivity contribution in [1.29, 1.82) is 0 Å². The Hall–Kier alpha value is -3.83. The van der Waals surface area contributed by atoms with Gasteiger partial charge in [0, 0.05) is 49.9 Å². The highest BCUT2D eigenvalue weighted by Crippen LogP contribution is 2.41. The number of anilines is 1. The van der Waals surface area contributed by atoms with Crippen molar-refractivity contribution < 1.29 is 18.3 Å². The van der Waals surface area contributed by atoms with Crippen LogP contribution in [-0.2, 0) is 28.4 Å². The fourth-order valence-corrected chi connectivity index (χ4v) is 8.34. The molecule has 1 aromatic carbocycles. The number of carboxylic acids is 1. The minimum absolute atomic E-state index is 0.118. The number of carboxylic acid groups (broad SMARTS) is 1. The molecule has 220 valence electrons. The maximum atomic E-state index is 14.1. The van der Waals surface area contributed by atoms with E-state index in [4.69, 9.17) is 0 Å². The van der Waals surface area contributed by atoms with Crippen LogP contribution in [0.2, 0.25) is 0 Å². The molecule has 3 aromatic heterocycles. The molecule has 0 saturated carbocycles. The van der Waals surface area contributed by atoms with Gasteiger partial charge < -0.3 is 14.6 Å². The van der Waals surface area contributed by atoms with Crippen molar-refractivity contribution in [3.05, 3.63) is 76.7 Å². The molecule has 1 fully saturated rings. The van der Waals surface area contributed by atoms with Crippen LogP contribution in [0.25, 0.3) is 11.0 Å². The lowest BCUT2D eigenvalue weighted by atomic mass is 9.87. The van der Waals surface area contributed by atoms with E-state index in [0.29, 0.717) is 18.0 Å². The highest BCUT2D eigenvalue weighted by atomic mass is 32.2. The van der Waals surface area contributed by atoms with E-state index in [1.807, 2.05) is 55.8 Å². The molecule has 0 aliphatic carbocycles. The van der Waals surface area contributed by atoms with Crippen molar-refractivity contribution in [3.63, 3.8) is 0 Å². The normalized spacial score (nSPS) is 21.0. The van der Waals surface area contributed by atoms with Crippen molar-refractivity contribution in [2.24, 2.45) is 7.05 Å². The molecule has 6 rings (SSSR count). The molecule has 0 bridgehead atoms. The number of piperidine rings is 1. The van der Waals surface area contributed by atoms with Crippen molar-refractivity contribution in [2.45, 2.75) is 69.4 Å². The molecule has 2 aliphatic heterocycles. The van der Waals surface area contributed by atoms with Crippen LogP contribution < -0.4 is 4.90 Å². The van der Waals surface area contributed by atoms with E-state index >= 15 is 0 Å². The zero-order valence-electron chi connectivity index (χ0n) is 24.4. The van der Waals surface area contributed by atoms with Gasteiger partial charge >= 0.3 is 5.97 Å². The summed E-state index contributed by atoms with van der Waals surface area (Å²) < 4.78 is 31.8. The molecule has 0 spiro atoms. The standard InChI is InChI=1S/C31H36N6O4S/c1-20-9-10-22(25(17-28(38)39)26-16-23-14-21(2)33-34-29(23)35(26)4)15-24(20)18-36-19-31(3)11-5-6-13-37(31)30-27(42(36,40)41)8-7-12-32-30/h7-10,12,14-16,25H,5-6,11,13,17-19H2,1-4H3,(H,38,39)/t25-,31-/m1/s1. The van der Waals surface area contributed by atoms with Gasteiger partial charge in [0.1, 0.15) is 10.7 Å². The number of carbonyl (C=O) groups is 1. The summed E-state index contributed by atoms with van der Waals surface area (Å²) in [4.78, 5) is 19.0. The van der Waals surface area contributed by atoms with Gasteiger partial charge in [0.2, 0.25) is 10.0 Å². The maximum Gasteiger partial charge on any atom is 0.304 e. The lowest BCUT2D eigenvalue weighted by molar-refractivity contribution is -0.137. The Kier molecular flexibility index (Phi) is 7.05. The topological polar surface area (TPSA) is 122 Å². The average Bonchev–Trinajstić information content (AvgIpc) is 3.24. The Morgan fingerprint density at radius 2 is 1.93 bits per heavy atom. The Labute approximate surface area is 246 Å². The quantitative estimate of drug-likeness (QED) is 0.349. The number of aromatic nitrogens is 4. The van der Waals surface area contributed by atoms with Crippen LogP contribution in [0.15, 0.2) is 53.6 Å². The molecular formula is C31H36N6O4S. The lowest BCUT2D eigenvalue weighted by Crippen LogP contribution is -2.55. The molecule has 0 radical (unpaired) electrons. The van der Waals surface area contributed by atoms with Crippen LogP contribution in [-0.4, -0.2) is 62.2 Å². The fraction of sp³-hybridized carbons (Fsp3) is 0.419. The molecule has 0 unspecified atom stereocenters. The maximum absolute atomic E-state index is 14.1. The summed E-state index contributed by atoms with van der Waals surface area (Å²) in [6, 6.07) is 13.1. The molecule has 2 atom stereocenters. The number of hydrogen-bond donors (Lipinski definition) is 1. The number of pyridine rings is 1. The van der Waals surface area contributed by atoms with Crippen LogP contribution in [0.3, 0.4) is 0 Å².